The summed E-state index contributed by atoms with van der Waals surface area (Å²) in [6, 6.07) is 5.69. The molecule has 0 bridgehead atoms. The van der Waals surface area contributed by atoms with Crippen LogP contribution in [0, 0.1) is 0 Å². The average Bonchev–Trinajstić information content (AvgIpc) is 2.68. The Hall–Kier alpha value is -2.61. The lowest BCUT2D eigenvalue weighted by molar-refractivity contribution is -0.140. The van der Waals surface area contributed by atoms with E-state index in [0.29, 0.717) is 23.8 Å². The zero-order valence-corrected chi connectivity index (χ0v) is 15.3. The Morgan fingerprint density at radius 3 is 2.69 bits per heavy atom. The van der Waals surface area contributed by atoms with Crippen LogP contribution in [-0.2, 0) is 16.0 Å². The van der Waals surface area contributed by atoms with Crippen molar-refractivity contribution in [3.05, 3.63) is 35.1 Å². The molecule has 0 radical (unpaired) electrons. The molecule has 0 atom stereocenters. The van der Waals surface area contributed by atoms with E-state index in [1.54, 1.807) is 12.3 Å². The molecule has 0 unspecified atom stereocenters. The Balaban J connectivity index is 1.63. The summed E-state index contributed by atoms with van der Waals surface area (Å²) in [5.74, 6) is 1.08. The van der Waals surface area contributed by atoms with E-state index < -0.39 is 0 Å². The highest BCUT2D eigenvalue weighted by Gasteiger charge is 2.21. The van der Waals surface area contributed by atoms with Crippen LogP contribution in [0.2, 0.25) is 5.15 Å². The van der Waals surface area contributed by atoms with Crippen molar-refractivity contribution in [3.8, 4) is 0 Å². The van der Waals surface area contributed by atoms with Gasteiger partial charge in [-0.15, -0.1) is 10.2 Å². The molecule has 0 aliphatic carbocycles. The van der Waals surface area contributed by atoms with E-state index in [1.807, 2.05) is 12.1 Å². The third-order valence-electron chi connectivity index (χ3n) is 4.37. The molecule has 1 aliphatic rings. The van der Waals surface area contributed by atoms with Crippen molar-refractivity contribution >= 4 is 34.9 Å². The molecule has 0 amide bonds. The molecular weight excluding hydrogens is 356 g/mol. The molecule has 2 aromatic heterocycles. The number of nitrogens with zero attached hydrogens (tertiary/aromatic N) is 5. The average molecular weight is 377 g/mol. The first-order valence-corrected chi connectivity index (χ1v) is 8.75. The standard InChI is InChI=1S/C17H21ClN6O2/c1-26-16(25)3-2-12-4-5-20-15(10-12)24-8-6-23(7-9-24)13-11-14(18)21-22-17(13)19/h4-5,10-11H,2-3,6-9H2,1H3,(H2,19,22). The third-order valence-corrected chi connectivity index (χ3v) is 4.56. The van der Waals surface area contributed by atoms with E-state index in [2.05, 4.69) is 25.0 Å². The summed E-state index contributed by atoms with van der Waals surface area (Å²) in [7, 11) is 1.40. The molecule has 1 fully saturated rings. The first-order valence-electron chi connectivity index (χ1n) is 8.37. The maximum Gasteiger partial charge on any atom is 0.305 e. The fraction of sp³-hybridized carbons (Fsp3) is 0.412. The van der Waals surface area contributed by atoms with Crippen LogP contribution in [0.4, 0.5) is 17.3 Å². The molecule has 138 valence electrons. The number of carbonyl (C=O) groups excluding carboxylic acids is 1. The van der Waals surface area contributed by atoms with Gasteiger partial charge in [-0.3, -0.25) is 4.79 Å². The van der Waals surface area contributed by atoms with Crippen molar-refractivity contribution in [3.63, 3.8) is 0 Å². The number of pyridine rings is 1. The molecule has 0 aromatic carbocycles. The second-order valence-electron chi connectivity index (χ2n) is 6.01. The minimum atomic E-state index is -0.209. The highest BCUT2D eigenvalue weighted by atomic mass is 35.5. The number of anilines is 3. The number of aryl methyl sites for hydroxylation is 1. The van der Waals surface area contributed by atoms with Crippen molar-refractivity contribution in [2.24, 2.45) is 0 Å². The van der Waals surface area contributed by atoms with Crippen LogP contribution >= 0.6 is 11.6 Å². The van der Waals surface area contributed by atoms with E-state index in [4.69, 9.17) is 22.1 Å². The maximum absolute atomic E-state index is 11.3. The van der Waals surface area contributed by atoms with Crippen LogP contribution in [0.15, 0.2) is 24.4 Å². The largest absolute Gasteiger partial charge is 0.469 e. The number of ether oxygens (including phenoxy) is 1. The second-order valence-corrected chi connectivity index (χ2v) is 6.40. The lowest BCUT2D eigenvalue weighted by Gasteiger charge is -2.37. The summed E-state index contributed by atoms with van der Waals surface area (Å²) in [6.45, 7) is 3.15. The van der Waals surface area contributed by atoms with Crippen molar-refractivity contribution < 1.29 is 9.53 Å². The molecule has 0 saturated carbocycles. The Morgan fingerprint density at radius 2 is 1.96 bits per heavy atom. The van der Waals surface area contributed by atoms with Crippen LogP contribution < -0.4 is 15.5 Å². The van der Waals surface area contributed by atoms with Crippen molar-refractivity contribution in [1.29, 1.82) is 0 Å². The number of halogens is 1. The number of nitrogen functional groups attached to an aromatic ring is 1. The molecule has 1 aliphatic heterocycles. The molecular formula is C17H21ClN6O2. The predicted molar refractivity (Wildman–Crippen MR) is 100 cm³/mol. The fourth-order valence-corrected chi connectivity index (χ4v) is 3.08. The Kier molecular flexibility index (Phi) is 5.72. The molecule has 1 saturated heterocycles. The first-order chi connectivity index (χ1) is 12.6. The smallest absolute Gasteiger partial charge is 0.305 e. The van der Waals surface area contributed by atoms with Crippen molar-refractivity contribution in [1.82, 2.24) is 15.2 Å². The quantitative estimate of drug-likeness (QED) is 0.785. The van der Waals surface area contributed by atoms with Gasteiger partial charge in [0.1, 0.15) is 5.82 Å². The second kappa shape index (κ2) is 8.18. The van der Waals surface area contributed by atoms with Gasteiger partial charge in [-0.05, 0) is 24.1 Å². The SMILES string of the molecule is COC(=O)CCc1ccnc(N2CCN(c3cc(Cl)nnc3N)CC2)c1. The minimum absolute atomic E-state index is 0.209. The normalized spacial score (nSPS) is 14.4. The Morgan fingerprint density at radius 1 is 1.23 bits per heavy atom. The first kappa shape index (κ1) is 18.2. The van der Waals surface area contributed by atoms with E-state index in [0.717, 1.165) is 43.2 Å². The fourth-order valence-electron chi connectivity index (χ4n) is 2.94. The third kappa shape index (κ3) is 4.32. The van der Waals surface area contributed by atoms with Crippen LogP contribution in [0.5, 0.6) is 0 Å². The summed E-state index contributed by atoms with van der Waals surface area (Å²) < 4.78 is 4.69. The van der Waals surface area contributed by atoms with E-state index in [-0.39, 0.29) is 5.97 Å². The number of hydrogen-bond donors (Lipinski definition) is 1. The zero-order valence-electron chi connectivity index (χ0n) is 14.6. The molecule has 3 heterocycles. The molecule has 9 heteroatoms. The monoisotopic (exact) mass is 376 g/mol. The number of aromatic nitrogens is 3. The predicted octanol–water partition coefficient (Wildman–Crippen LogP) is 1.54. The van der Waals surface area contributed by atoms with Gasteiger partial charge >= 0.3 is 5.97 Å². The van der Waals surface area contributed by atoms with Crippen LogP contribution in [0.1, 0.15) is 12.0 Å². The molecule has 26 heavy (non-hydrogen) atoms. The summed E-state index contributed by atoms with van der Waals surface area (Å²) in [5, 5.41) is 7.96. The van der Waals surface area contributed by atoms with Crippen LogP contribution in [0.3, 0.4) is 0 Å². The molecule has 3 rings (SSSR count). The van der Waals surface area contributed by atoms with E-state index in [9.17, 15) is 4.79 Å². The lowest BCUT2D eigenvalue weighted by Crippen LogP contribution is -2.47. The van der Waals surface area contributed by atoms with E-state index >= 15 is 0 Å². The van der Waals surface area contributed by atoms with Crippen LogP contribution in [-0.4, -0.2) is 54.4 Å². The van der Waals surface area contributed by atoms with Gasteiger partial charge in [-0.1, -0.05) is 11.6 Å². The number of piperazine rings is 1. The summed E-state index contributed by atoms with van der Waals surface area (Å²) in [4.78, 5) is 20.1. The van der Waals surface area contributed by atoms with Gasteiger partial charge in [0.15, 0.2) is 11.0 Å². The number of rotatable bonds is 5. The number of esters is 1. The Bertz CT molecular complexity index is 780. The highest BCUT2D eigenvalue weighted by molar-refractivity contribution is 6.29. The van der Waals surface area contributed by atoms with Gasteiger partial charge in [0.2, 0.25) is 0 Å². The van der Waals surface area contributed by atoms with E-state index in [1.165, 1.54) is 7.11 Å². The molecule has 0 spiro atoms. The molecule has 2 N–H and O–H groups in total. The maximum atomic E-state index is 11.3. The number of carbonyl (C=O) groups is 1. The van der Waals surface area contributed by atoms with Gasteiger partial charge < -0.3 is 20.3 Å². The summed E-state index contributed by atoms with van der Waals surface area (Å²) >= 11 is 5.93. The number of hydrogen-bond acceptors (Lipinski definition) is 8. The van der Waals surface area contributed by atoms with Gasteiger partial charge in [-0.2, -0.15) is 0 Å². The summed E-state index contributed by atoms with van der Waals surface area (Å²) in [5.41, 5.74) is 7.79. The molecule has 8 nitrogen and oxygen atoms in total. The highest BCUT2D eigenvalue weighted by Crippen LogP contribution is 2.25. The van der Waals surface area contributed by atoms with Crippen LogP contribution in [0.25, 0.3) is 0 Å². The topological polar surface area (TPSA) is 97.5 Å². The minimum Gasteiger partial charge on any atom is -0.469 e. The zero-order chi connectivity index (χ0) is 18.5. The molecule has 2 aromatic rings. The van der Waals surface area contributed by atoms with Gasteiger partial charge in [0.05, 0.1) is 12.8 Å². The van der Waals surface area contributed by atoms with Gasteiger partial charge in [0, 0.05) is 44.9 Å². The lowest BCUT2D eigenvalue weighted by atomic mass is 10.1. The summed E-state index contributed by atoms with van der Waals surface area (Å²) in [6.07, 6.45) is 2.78. The number of methoxy groups -OCH3 is 1. The van der Waals surface area contributed by atoms with Crippen molar-refractivity contribution in [2.45, 2.75) is 12.8 Å². The Labute approximate surface area is 156 Å². The van der Waals surface area contributed by atoms with Gasteiger partial charge in [0.25, 0.3) is 0 Å². The number of nitrogens with two attached hydrogens (primary N) is 1. The van der Waals surface area contributed by atoms with Crippen molar-refractivity contribution in [2.75, 3.05) is 48.8 Å². The van der Waals surface area contributed by atoms with Gasteiger partial charge in [-0.25, -0.2) is 4.98 Å².